The molecule has 0 unspecified atom stereocenters. The van der Waals surface area contributed by atoms with E-state index in [-0.39, 0.29) is 18.1 Å². The number of sulfonamides is 1. The third kappa shape index (κ3) is 5.68. The molecule has 0 fully saturated rings. The van der Waals surface area contributed by atoms with E-state index in [1.807, 2.05) is 47.8 Å². The summed E-state index contributed by atoms with van der Waals surface area (Å²) in [5, 5.41) is 5.80. The van der Waals surface area contributed by atoms with Gasteiger partial charge in [-0.15, -0.1) is 22.7 Å². The maximum Gasteiger partial charge on any atom is 0.232 e. The molecule has 0 saturated carbocycles. The van der Waals surface area contributed by atoms with E-state index in [0.29, 0.717) is 11.4 Å². The summed E-state index contributed by atoms with van der Waals surface area (Å²) in [6, 6.07) is 19.0. The van der Waals surface area contributed by atoms with Gasteiger partial charge in [0.1, 0.15) is 5.01 Å². The maximum absolute atomic E-state index is 12.9. The Bertz CT molecular complexity index is 1360. The number of nitrogens with one attached hydrogen (secondary N) is 2. The van der Waals surface area contributed by atoms with Crippen molar-refractivity contribution in [2.24, 2.45) is 0 Å². The lowest BCUT2D eigenvalue weighted by Crippen LogP contribution is -2.16. The Morgan fingerprint density at radius 2 is 1.85 bits per heavy atom. The van der Waals surface area contributed by atoms with Crippen LogP contribution in [0.1, 0.15) is 17.4 Å². The highest BCUT2D eigenvalue weighted by Gasteiger charge is 2.18. The second-order valence-electron chi connectivity index (χ2n) is 7.39. The molecule has 33 heavy (non-hydrogen) atoms. The number of nitrogens with zero attached hydrogens (tertiary/aromatic N) is 1. The summed E-state index contributed by atoms with van der Waals surface area (Å²) < 4.78 is 26.2. The minimum Gasteiger partial charge on any atom is -0.326 e. The van der Waals surface area contributed by atoms with Crippen LogP contribution in [0.2, 0.25) is 0 Å². The van der Waals surface area contributed by atoms with E-state index in [4.69, 9.17) is 4.98 Å². The molecule has 0 aliphatic rings. The van der Waals surface area contributed by atoms with E-state index in [9.17, 15) is 13.2 Å². The number of thiophene rings is 1. The molecule has 0 radical (unpaired) electrons. The number of aryl methyl sites for hydroxylation is 1. The van der Waals surface area contributed by atoms with Gasteiger partial charge in [0.15, 0.2) is 0 Å². The summed E-state index contributed by atoms with van der Waals surface area (Å²) >= 11 is 3.12. The molecule has 0 aliphatic heterocycles. The number of aromatic nitrogens is 1. The summed E-state index contributed by atoms with van der Waals surface area (Å²) in [6.45, 7) is 3.38. The van der Waals surface area contributed by atoms with Gasteiger partial charge < -0.3 is 5.32 Å². The fourth-order valence-corrected chi connectivity index (χ4v) is 5.82. The molecule has 2 N–H and O–H groups in total. The van der Waals surface area contributed by atoms with E-state index in [1.165, 1.54) is 11.3 Å². The number of thiazole rings is 1. The van der Waals surface area contributed by atoms with E-state index < -0.39 is 10.0 Å². The van der Waals surface area contributed by atoms with Crippen LogP contribution in [-0.4, -0.2) is 25.1 Å². The van der Waals surface area contributed by atoms with Gasteiger partial charge in [-0.3, -0.25) is 9.52 Å². The summed E-state index contributed by atoms with van der Waals surface area (Å²) in [5.41, 5.74) is 3.71. The molecule has 0 bridgehead atoms. The van der Waals surface area contributed by atoms with Crippen molar-refractivity contribution in [2.75, 3.05) is 15.8 Å². The van der Waals surface area contributed by atoms with E-state index in [2.05, 4.69) is 10.0 Å². The normalized spacial score (nSPS) is 11.3. The van der Waals surface area contributed by atoms with Crippen LogP contribution in [0.15, 0.2) is 66.0 Å². The number of carbonyl (C=O) groups is 1. The quantitative estimate of drug-likeness (QED) is 0.322. The van der Waals surface area contributed by atoms with Crippen LogP contribution >= 0.6 is 22.7 Å². The zero-order valence-corrected chi connectivity index (χ0v) is 20.6. The molecule has 2 aromatic heterocycles. The lowest BCUT2D eigenvalue weighted by atomic mass is 10.1. The first-order valence-corrected chi connectivity index (χ1v) is 13.7. The Labute approximate surface area is 201 Å². The predicted octanol–water partition coefficient (Wildman–Crippen LogP) is 5.79. The van der Waals surface area contributed by atoms with Gasteiger partial charge in [-0.2, -0.15) is 0 Å². The molecule has 2 heterocycles. The Balaban J connectivity index is 1.54. The molecular weight excluding hydrogens is 474 g/mol. The van der Waals surface area contributed by atoms with Crippen molar-refractivity contribution in [3.8, 4) is 21.1 Å². The van der Waals surface area contributed by atoms with Gasteiger partial charge in [-0.1, -0.05) is 36.4 Å². The number of hydrogen-bond donors (Lipinski definition) is 2. The molecule has 9 heteroatoms. The average molecular weight is 498 g/mol. The highest BCUT2D eigenvalue weighted by molar-refractivity contribution is 7.92. The fraction of sp³-hybridized carbons (Fsp3) is 0.167. The van der Waals surface area contributed by atoms with Crippen LogP contribution in [0, 0.1) is 6.92 Å². The third-order valence-corrected chi connectivity index (χ3v) is 8.22. The number of hydrogen-bond acceptors (Lipinski definition) is 6. The number of anilines is 2. The molecule has 4 aromatic rings. The molecular formula is C24H23N3O3S3. The monoisotopic (exact) mass is 497 g/mol. The molecule has 0 atom stereocenters. The molecule has 2 aromatic carbocycles. The highest BCUT2D eigenvalue weighted by atomic mass is 32.2. The Hall–Kier alpha value is -3.01. The van der Waals surface area contributed by atoms with Crippen LogP contribution in [0.3, 0.4) is 0 Å². The number of carbonyl (C=O) groups excluding carboxylic acids is 1. The summed E-state index contributed by atoms with van der Waals surface area (Å²) in [7, 11) is -3.36. The molecule has 0 spiro atoms. The zero-order chi connectivity index (χ0) is 23.4. The van der Waals surface area contributed by atoms with Crippen molar-refractivity contribution in [2.45, 2.75) is 20.3 Å². The number of rotatable bonds is 8. The Kier molecular flexibility index (Phi) is 6.92. The zero-order valence-electron chi connectivity index (χ0n) is 18.2. The lowest BCUT2D eigenvalue weighted by molar-refractivity contribution is -0.115. The van der Waals surface area contributed by atoms with E-state index in [0.717, 1.165) is 31.6 Å². The minimum absolute atomic E-state index is 0.00266. The fourth-order valence-electron chi connectivity index (χ4n) is 3.23. The van der Waals surface area contributed by atoms with Gasteiger partial charge in [0.2, 0.25) is 15.9 Å². The topological polar surface area (TPSA) is 88.2 Å². The van der Waals surface area contributed by atoms with Crippen molar-refractivity contribution < 1.29 is 13.2 Å². The van der Waals surface area contributed by atoms with Crippen LogP contribution < -0.4 is 10.0 Å². The van der Waals surface area contributed by atoms with Crippen molar-refractivity contribution in [1.29, 1.82) is 0 Å². The first kappa shape index (κ1) is 23.2. The van der Waals surface area contributed by atoms with Gasteiger partial charge in [0, 0.05) is 16.1 Å². The van der Waals surface area contributed by atoms with E-state index in [1.54, 1.807) is 43.4 Å². The highest BCUT2D eigenvalue weighted by Crippen LogP contribution is 2.36. The third-order valence-electron chi connectivity index (χ3n) is 4.95. The molecule has 6 nitrogen and oxygen atoms in total. The maximum atomic E-state index is 12.9. The van der Waals surface area contributed by atoms with Gasteiger partial charge in [0.05, 0.1) is 28.4 Å². The number of amides is 1. The second-order valence-corrected chi connectivity index (χ2v) is 11.4. The van der Waals surface area contributed by atoms with Gasteiger partial charge in [-0.25, -0.2) is 13.4 Å². The predicted molar refractivity (Wildman–Crippen MR) is 137 cm³/mol. The Morgan fingerprint density at radius 3 is 2.52 bits per heavy atom. The van der Waals surface area contributed by atoms with Gasteiger partial charge in [0.25, 0.3) is 0 Å². The molecule has 4 rings (SSSR count). The van der Waals surface area contributed by atoms with Crippen molar-refractivity contribution in [3.63, 3.8) is 0 Å². The Morgan fingerprint density at radius 1 is 1.06 bits per heavy atom. The summed E-state index contributed by atoms with van der Waals surface area (Å²) in [4.78, 5) is 19.6. The average Bonchev–Trinajstić information content (AvgIpc) is 3.46. The first-order chi connectivity index (χ1) is 15.8. The molecule has 0 saturated heterocycles. The van der Waals surface area contributed by atoms with Crippen LogP contribution in [-0.2, 0) is 21.2 Å². The van der Waals surface area contributed by atoms with Gasteiger partial charge >= 0.3 is 0 Å². The first-order valence-electron chi connectivity index (χ1n) is 10.3. The molecule has 1 amide bonds. The number of benzene rings is 2. The standard InChI is InChI=1S/C24H23N3O3S3/c1-3-33(29,30)27-19-12-11-18(14-16(19)2)25-22(28)15-21-23(20-10-7-13-31-20)26-24(32-21)17-8-5-4-6-9-17/h4-14,27H,3,15H2,1-2H3,(H,25,28). The smallest absolute Gasteiger partial charge is 0.232 e. The largest absolute Gasteiger partial charge is 0.326 e. The lowest BCUT2D eigenvalue weighted by Gasteiger charge is -2.11. The van der Waals surface area contributed by atoms with Crippen molar-refractivity contribution in [1.82, 2.24) is 4.98 Å². The van der Waals surface area contributed by atoms with Gasteiger partial charge in [-0.05, 0) is 49.1 Å². The second kappa shape index (κ2) is 9.86. The summed E-state index contributed by atoms with van der Waals surface area (Å²) in [5.74, 6) is -0.158. The minimum atomic E-state index is -3.36. The molecule has 170 valence electrons. The summed E-state index contributed by atoms with van der Waals surface area (Å²) in [6.07, 6.45) is 0.195. The van der Waals surface area contributed by atoms with E-state index >= 15 is 0 Å². The molecule has 0 aliphatic carbocycles. The van der Waals surface area contributed by atoms with Crippen molar-refractivity contribution >= 4 is 50.0 Å². The van der Waals surface area contributed by atoms with Crippen molar-refractivity contribution in [3.05, 3.63) is 76.5 Å². The SMILES string of the molecule is CCS(=O)(=O)Nc1ccc(NC(=O)Cc2sc(-c3ccccc3)nc2-c2cccs2)cc1C. The van der Waals surface area contributed by atoms with Crippen LogP contribution in [0.4, 0.5) is 11.4 Å². The van der Waals surface area contributed by atoms with Crippen LogP contribution in [0.25, 0.3) is 21.1 Å². The van der Waals surface area contributed by atoms with Crippen LogP contribution in [0.5, 0.6) is 0 Å².